The maximum Gasteiger partial charge on any atom is 0.417 e. The van der Waals surface area contributed by atoms with Gasteiger partial charge in [0.15, 0.2) is 5.60 Å². The molecule has 0 spiro atoms. The molecular weight excluding hydrogens is 347 g/mol. The van der Waals surface area contributed by atoms with E-state index in [0.717, 1.165) is 32.1 Å². The van der Waals surface area contributed by atoms with Crippen LogP contribution in [-0.4, -0.2) is 40.5 Å². The number of aliphatic hydroxyl groups excluding tert-OH is 1. The first-order valence-electron chi connectivity index (χ1n) is 9.33. The molecule has 0 aromatic rings. The molecule has 1 fully saturated rings. The first kappa shape index (κ1) is 21.2. The van der Waals surface area contributed by atoms with Gasteiger partial charge >= 0.3 is 6.18 Å². The zero-order valence-corrected chi connectivity index (χ0v) is 15.7. The van der Waals surface area contributed by atoms with E-state index in [0.29, 0.717) is 6.92 Å². The van der Waals surface area contributed by atoms with Gasteiger partial charge in [-0.1, -0.05) is 25.5 Å². The minimum absolute atomic E-state index is 0.0344. The number of carbonyl (C=O) groups excluding carboxylic acids is 1. The summed E-state index contributed by atoms with van der Waals surface area (Å²) in [5.41, 5.74) is -1.98. The summed E-state index contributed by atoms with van der Waals surface area (Å²) in [5.74, 6) is -0.658. The summed E-state index contributed by atoms with van der Waals surface area (Å²) >= 11 is 0. The first-order chi connectivity index (χ1) is 11.9. The standard InChI is InChI=1S/C19H30F3NO3/c1-12(11-23-16(25)10-18(3,26)19(20,21)22)13-6-4-7-14-15(24)8-5-9-17(13,14)2/h6,12,14-15,24,26H,4-5,7-11H2,1-3H3,(H,23,25)/t12?,14-,15-,17+,18?/m0/s1. The summed E-state index contributed by atoms with van der Waals surface area (Å²) in [5, 5.41) is 22.3. The zero-order chi connectivity index (χ0) is 19.8. The van der Waals surface area contributed by atoms with Crippen LogP contribution in [0.5, 0.6) is 0 Å². The van der Waals surface area contributed by atoms with Crippen LogP contribution in [0.15, 0.2) is 11.6 Å². The number of halogens is 3. The fraction of sp³-hybridized carbons (Fsp3) is 0.842. The fourth-order valence-corrected chi connectivity index (χ4v) is 4.63. The SMILES string of the molecule is CC(CNC(=O)CC(C)(O)C(F)(F)F)C1=CCC[C@H]2[C@@H](O)CCC[C@]12C. The number of rotatable bonds is 5. The summed E-state index contributed by atoms with van der Waals surface area (Å²) in [4.78, 5) is 11.9. The van der Waals surface area contributed by atoms with E-state index in [-0.39, 0.29) is 29.9 Å². The van der Waals surface area contributed by atoms with E-state index in [9.17, 15) is 28.2 Å². The van der Waals surface area contributed by atoms with E-state index in [4.69, 9.17) is 0 Å². The minimum atomic E-state index is -4.85. The van der Waals surface area contributed by atoms with Gasteiger partial charge in [-0.15, -0.1) is 0 Å². The lowest BCUT2D eigenvalue weighted by Gasteiger charge is -2.50. The molecule has 3 N–H and O–H groups in total. The van der Waals surface area contributed by atoms with Gasteiger partial charge in [-0.3, -0.25) is 4.79 Å². The third-order valence-corrected chi connectivity index (χ3v) is 6.23. The Bertz CT molecular complexity index is 559. The van der Waals surface area contributed by atoms with Crippen LogP contribution in [0.2, 0.25) is 0 Å². The highest BCUT2D eigenvalue weighted by atomic mass is 19.4. The number of alkyl halides is 3. The van der Waals surface area contributed by atoms with Crippen molar-refractivity contribution in [2.45, 2.75) is 77.2 Å². The zero-order valence-electron chi connectivity index (χ0n) is 15.7. The Labute approximate surface area is 152 Å². The highest BCUT2D eigenvalue weighted by molar-refractivity contribution is 5.77. The molecule has 2 unspecified atom stereocenters. The second-order valence-corrected chi connectivity index (χ2v) is 8.37. The predicted octanol–water partition coefficient (Wildman–Crippen LogP) is 3.33. The molecule has 2 aliphatic rings. The molecule has 0 aromatic heterocycles. The maximum atomic E-state index is 12.7. The lowest BCUT2D eigenvalue weighted by Crippen LogP contribution is -2.47. The molecule has 4 nitrogen and oxygen atoms in total. The molecule has 1 amide bonds. The highest BCUT2D eigenvalue weighted by Gasteiger charge is 2.51. The summed E-state index contributed by atoms with van der Waals surface area (Å²) in [6.45, 7) is 4.92. The second kappa shape index (κ2) is 7.50. The smallest absolute Gasteiger partial charge is 0.393 e. The van der Waals surface area contributed by atoms with Gasteiger partial charge in [-0.05, 0) is 56.3 Å². The third kappa shape index (κ3) is 4.25. The number of fused-ring (bicyclic) bond motifs is 1. The number of hydrogen-bond donors (Lipinski definition) is 3. The van der Waals surface area contributed by atoms with Crippen molar-refractivity contribution in [2.75, 3.05) is 6.54 Å². The lowest BCUT2D eigenvalue weighted by atomic mass is 9.56. The summed E-state index contributed by atoms with van der Waals surface area (Å²) < 4.78 is 38.1. The average Bonchev–Trinajstić information content (AvgIpc) is 2.50. The Kier molecular flexibility index (Phi) is 6.13. The quantitative estimate of drug-likeness (QED) is 0.644. The molecule has 5 atom stereocenters. The number of amides is 1. The van der Waals surface area contributed by atoms with Crippen LogP contribution < -0.4 is 5.32 Å². The Morgan fingerprint density at radius 3 is 2.69 bits per heavy atom. The second-order valence-electron chi connectivity index (χ2n) is 8.37. The molecule has 0 bridgehead atoms. The number of aliphatic hydroxyl groups is 2. The van der Waals surface area contributed by atoms with Crippen LogP contribution in [0.4, 0.5) is 13.2 Å². The third-order valence-electron chi connectivity index (χ3n) is 6.23. The number of hydrogen-bond acceptors (Lipinski definition) is 3. The number of nitrogens with one attached hydrogen (secondary N) is 1. The van der Waals surface area contributed by atoms with E-state index >= 15 is 0 Å². The normalized spacial score (nSPS) is 32.8. The van der Waals surface area contributed by atoms with Crippen molar-refractivity contribution in [1.29, 1.82) is 0 Å². The monoisotopic (exact) mass is 377 g/mol. The topological polar surface area (TPSA) is 69.6 Å². The Balaban J connectivity index is 1.98. The van der Waals surface area contributed by atoms with Gasteiger partial charge in [0, 0.05) is 6.54 Å². The minimum Gasteiger partial charge on any atom is -0.393 e. The molecule has 26 heavy (non-hydrogen) atoms. The lowest BCUT2D eigenvalue weighted by molar-refractivity contribution is -0.253. The van der Waals surface area contributed by atoms with Crippen LogP contribution >= 0.6 is 0 Å². The van der Waals surface area contributed by atoms with Crippen molar-refractivity contribution < 1.29 is 28.2 Å². The Morgan fingerprint density at radius 1 is 1.42 bits per heavy atom. The van der Waals surface area contributed by atoms with E-state index in [2.05, 4.69) is 18.3 Å². The van der Waals surface area contributed by atoms with Crippen LogP contribution in [0.3, 0.4) is 0 Å². The maximum absolute atomic E-state index is 12.7. The van der Waals surface area contributed by atoms with Gasteiger partial charge in [0.05, 0.1) is 12.5 Å². The van der Waals surface area contributed by atoms with Crippen LogP contribution in [0.25, 0.3) is 0 Å². The Hall–Kier alpha value is -1.08. The number of allylic oxidation sites excluding steroid dienone is 1. The molecule has 7 heteroatoms. The van der Waals surface area contributed by atoms with Gasteiger partial charge in [0.1, 0.15) is 0 Å². The summed E-state index contributed by atoms with van der Waals surface area (Å²) in [7, 11) is 0. The van der Waals surface area contributed by atoms with Gasteiger partial charge in [-0.25, -0.2) is 0 Å². The van der Waals surface area contributed by atoms with Crippen molar-refractivity contribution in [3.05, 3.63) is 11.6 Å². The van der Waals surface area contributed by atoms with Crippen molar-refractivity contribution in [3.8, 4) is 0 Å². The first-order valence-corrected chi connectivity index (χ1v) is 9.33. The van der Waals surface area contributed by atoms with E-state index in [1.807, 2.05) is 6.92 Å². The molecule has 0 aliphatic heterocycles. The largest absolute Gasteiger partial charge is 0.417 e. The van der Waals surface area contributed by atoms with Gasteiger partial charge < -0.3 is 15.5 Å². The van der Waals surface area contributed by atoms with E-state index in [1.165, 1.54) is 5.57 Å². The molecule has 150 valence electrons. The Morgan fingerprint density at radius 2 is 2.08 bits per heavy atom. The summed E-state index contributed by atoms with van der Waals surface area (Å²) in [6.07, 6.45) is 0.522. The molecule has 0 heterocycles. The number of carbonyl (C=O) groups is 1. The molecule has 0 saturated heterocycles. The van der Waals surface area contributed by atoms with Crippen LogP contribution in [0, 0.1) is 17.3 Å². The van der Waals surface area contributed by atoms with Gasteiger partial charge in [0.2, 0.25) is 5.91 Å². The fourth-order valence-electron chi connectivity index (χ4n) is 4.63. The van der Waals surface area contributed by atoms with Crippen molar-refractivity contribution in [1.82, 2.24) is 5.32 Å². The van der Waals surface area contributed by atoms with Crippen LogP contribution in [-0.2, 0) is 4.79 Å². The summed E-state index contributed by atoms with van der Waals surface area (Å²) in [6, 6.07) is 0. The molecule has 0 radical (unpaired) electrons. The van der Waals surface area contributed by atoms with Crippen molar-refractivity contribution >= 4 is 5.91 Å². The van der Waals surface area contributed by atoms with Crippen molar-refractivity contribution in [3.63, 3.8) is 0 Å². The van der Waals surface area contributed by atoms with Crippen LogP contribution in [0.1, 0.15) is 59.3 Å². The average molecular weight is 377 g/mol. The molecule has 2 aliphatic carbocycles. The predicted molar refractivity (Wildman–Crippen MR) is 92.2 cm³/mol. The van der Waals surface area contributed by atoms with Gasteiger partial charge in [0.25, 0.3) is 0 Å². The van der Waals surface area contributed by atoms with Gasteiger partial charge in [-0.2, -0.15) is 13.2 Å². The molecular formula is C19H30F3NO3. The van der Waals surface area contributed by atoms with E-state index in [1.54, 1.807) is 0 Å². The van der Waals surface area contributed by atoms with E-state index < -0.39 is 24.1 Å². The van der Waals surface area contributed by atoms with Crippen molar-refractivity contribution in [2.24, 2.45) is 17.3 Å². The highest BCUT2D eigenvalue weighted by Crippen LogP contribution is 2.53. The molecule has 0 aromatic carbocycles. The molecule has 2 rings (SSSR count). The molecule has 1 saturated carbocycles.